The van der Waals surface area contributed by atoms with Gasteiger partial charge in [0, 0.05) is 26.0 Å². The molecule has 2 heterocycles. The lowest BCUT2D eigenvalue weighted by Crippen LogP contribution is -2.47. The highest BCUT2D eigenvalue weighted by molar-refractivity contribution is 6.09. The maximum absolute atomic E-state index is 12.5. The number of pyridine rings is 1. The predicted molar refractivity (Wildman–Crippen MR) is 82.1 cm³/mol. The zero-order valence-corrected chi connectivity index (χ0v) is 13.3. The van der Waals surface area contributed by atoms with E-state index in [4.69, 9.17) is 0 Å². The second kappa shape index (κ2) is 5.64. The maximum atomic E-state index is 12.5. The number of hydrogen-bond acceptors (Lipinski definition) is 4. The van der Waals surface area contributed by atoms with Crippen molar-refractivity contribution in [2.45, 2.75) is 31.8 Å². The van der Waals surface area contributed by atoms with Crippen LogP contribution in [0.4, 0.5) is 4.79 Å². The van der Waals surface area contributed by atoms with Crippen molar-refractivity contribution in [3.63, 3.8) is 0 Å². The molecule has 23 heavy (non-hydrogen) atoms. The molecule has 0 unspecified atom stereocenters. The first-order valence-electron chi connectivity index (χ1n) is 7.69. The van der Waals surface area contributed by atoms with Crippen LogP contribution in [-0.4, -0.2) is 51.8 Å². The van der Waals surface area contributed by atoms with E-state index < -0.39 is 11.6 Å². The van der Waals surface area contributed by atoms with Crippen LogP contribution in [0.1, 0.15) is 25.3 Å². The van der Waals surface area contributed by atoms with E-state index in [0.717, 1.165) is 23.3 Å². The number of amides is 4. The van der Waals surface area contributed by atoms with Crippen LogP contribution in [-0.2, 0) is 16.1 Å². The molecule has 0 radical (unpaired) electrons. The molecule has 4 amide bonds. The molecule has 0 bridgehead atoms. The lowest BCUT2D eigenvalue weighted by Gasteiger charge is -2.22. The van der Waals surface area contributed by atoms with Crippen LogP contribution >= 0.6 is 0 Å². The Balaban J connectivity index is 1.63. The normalized spacial score (nSPS) is 23.8. The van der Waals surface area contributed by atoms with E-state index in [0.29, 0.717) is 6.54 Å². The van der Waals surface area contributed by atoms with Gasteiger partial charge in [-0.25, -0.2) is 4.79 Å². The Kier molecular flexibility index (Phi) is 3.79. The van der Waals surface area contributed by atoms with Gasteiger partial charge >= 0.3 is 6.03 Å². The Morgan fingerprint density at radius 1 is 1.48 bits per heavy atom. The average molecular weight is 316 g/mol. The minimum atomic E-state index is -0.848. The Morgan fingerprint density at radius 3 is 2.83 bits per heavy atom. The highest BCUT2D eigenvalue weighted by atomic mass is 16.2. The maximum Gasteiger partial charge on any atom is 0.325 e. The SMILES string of the molecule is CN(Cc1cccnc1)C(=O)CN1C(=O)N[C@](C)(C2CC2)C1=O. The minimum absolute atomic E-state index is 0.187. The lowest BCUT2D eigenvalue weighted by molar-refractivity contribution is -0.138. The fourth-order valence-electron chi connectivity index (χ4n) is 2.91. The Morgan fingerprint density at radius 2 is 2.22 bits per heavy atom. The first-order valence-corrected chi connectivity index (χ1v) is 7.69. The van der Waals surface area contributed by atoms with E-state index in [1.54, 1.807) is 32.4 Å². The van der Waals surface area contributed by atoms with Crippen LogP contribution in [0.25, 0.3) is 0 Å². The van der Waals surface area contributed by atoms with Crippen molar-refractivity contribution in [2.75, 3.05) is 13.6 Å². The zero-order chi connectivity index (χ0) is 16.6. The number of nitrogens with one attached hydrogen (secondary N) is 1. The zero-order valence-electron chi connectivity index (χ0n) is 13.3. The summed E-state index contributed by atoms with van der Waals surface area (Å²) in [6.45, 7) is 1.90. The van der Waals surface area contributed by atoms with Gasteiger partial charge in [-0.1, -0.05) is 6.07 Å². The summed E-state index contributed by atoms with van der Waals surface area (Å²) in [5.74, 6) is -0.391. The first kappa shape index (κ1) is 15.5. The van der Waals surface area contributed by atoms with E-state index in [9.17, 15) is 14.4 Å². The molecule has 0 aromatic carbocycles. The van der Waals surface area contributed by atoms with Crippen LogP contribution in [0.5, 0.6) is 0 Å². The van der Waals surface area contributed by atoms with E-state index >= 15 is 0 Å². The molecule has 1 atom stereocenters. The van der Waals surface area contributed by atoms with Crippen molar-refractivity contribution in [3.8, 4) is 0 Å². The number of urea groups is 1. The smallest absolute Gasteiger partial charge is 0.325 e. The third-order valence-corrected chi connectivity index (χ3v) is 4.56. The van der Waals surface area contributed by atoms with Gasteiger partial charge in [0.2, 0.25) is 5.91 Å². The summed E-state index contributed by atoms with van der Waals surface area (Å²) >= 11 is 0. The molecule has 1 saturated carbocycles. The third-order valence-electron chi connectivity index (χ3n) is 4.56. The lowest BCUT2D eigenvalue weighted by atomic mass is 9.96. The standard InChI is InChI=1S/C16H20N4O3/c1-16(12-5-6-12)14(22)20(15(23)18-16)10-13(21)19(2)9-11-4-3-7-17-8-11/h3-4,7-8,12H,5-6,9-10H2,1-2H3,(H,18,23)/t16-/m1/s1. The molecule has 0 spiro atoms. The second-order valence-corrected chi connectivity index (χ2v) is 6.41. The molecule has 1 aliphatic heterocycles. The molecule has 122 valence electrons. The number of likely N-dealkylation sites (N-methyl/N-ethyl adjacent to an activating group) is 1. The number of aromatic nitrogens is 1. The van der Waals surface area contributed by atoms with Crippen molar-refractivity contribution in [3.05, 3.63) is 30.1 Å². The van der Waals surface area contributed by atoms with Gasteiger partial charge in [-0.15, -0.1) is 0 Å². The van der Waals surface area contributed by atoms with Crippen molar-refractivity contribution in [2.24, 2.45) is 5.92 Å². The summed E-state index contributed by atoms with van der Waals surface area (Å²) in [7, 11) is 1.65. The first-order chi connectivity index (χ1) is 10.9. The van der Waals surface area contributed by atoms with Gasteiger partial charge in [0.15, 0.2) is 0 Å². The number of carbonyl (C=O) groups excluding carboxylic acids is 3. The van der Waals surface area contributed by atoms with Gasteiger partial charge in [0.05, 0.1) is 0 Å². The fourth-order valence-corrected chi connectivity index (χ4v) is 2.91. The van der Waals surface area contributed by atoms with Crippen LogP contribution in [0.2, 0.25) is 0 Å². The number of nitrogens with zero attached hydrogens (tertiary/aromatic N) is 3. The highest BCUT2D eigenvalue weighted by Gasteiger charge is 2.56. The molecule has 1 aliphatic carbocycles. The van der Waals surface area contributed by atoms with Crippen LogP contribution in [0, 0.1) is 5.92 Å². The number of rotatable bonds is 5. The van der Waals surface area contributed by atoms with Crippen LogP contribution in [0.3, 0.4) is 0 Å². The molecule has 1 saturated heterocycles. The van der Waals surface area contributed by atoms with Crippen molar-refractivity contribution >= 4 is 17.8 Å². The molecular formula is C16H20N4O3. The van der Waals surface area contributed by atoms with Crippen LogP contribution < -0.4 is 5.32 Å². The summed E-state index contributed by atoms with van der Waals surface area (Å²) < 4.78 is 0. The van der Waals surface area contributed by atoms with Crippen molar-refractivity contribution in [1.82, 2.24) is 20.1 Å². The van der Waals surface area contributed by atoms with E-state index in [-0.39, 0.29) is 24.3 Å². The van der Waals surface area contributed by atoms with E-state index in [1.165, 1.54) is 4.90 Å². The Bertz CT molecular complexity index is 644. The minimum Gasteiger partial charge on any atom is -0.340 e. The van der Waals surface area contributed by atoms with Crippen LogP contribution in [0.15, 0.2) is 24.5 Å². The molecule has 3 rings (SSSR count). The second-order valence-electron chi connectivity index (χ2n) is 6.41. The summed E-state index contributed by atoms with van der Waals surface area (Å²) in [6.07, 6.45) is 5.22. The summed E-state index contributed by atoms with van der Waals surface area (Å²) in [6, 6.07) is 3.19. The van der Waals surface area contributed by atoms with Crippen molar-refractivity contribution in [1.29, 1.82) is 0 Å². The van der Waals surface area contributed by atoms with Gasteiger partial charge in [-0.2, -0.15) is 0 Å². The summed E-state index contributed by atoms with van der Waals surface area (Å²) in [5.41, 5.74) is 0.0441. The topological polar surface area (TPSA) is 82.6 Å². The third kappa shape index (κ3) is 2.91. The molecular weight excluding hydrogens is 296 g/mol. The summed E-state index contributed by atoms with van der Waals surface area (Å²) in [4.78, 5) is 43.4. The fraction of sp³-hybridized carbons (Fsp3) is 0.500. The van der Waals surface area contributed by atoms with Gasteiger partial charge in [-0.3, -0.25) is 19.5 Å². The number of imide groups is 1. The highest BCUT2D eigenvalue weighted by Crippen LogP contribution is 2.42. The molecule has 1 aromatic rings. The van der Waals surface area contributed by atoms with E-state index in [1.807, 2.05) is 6.07 Å². The molecule has 2 fully saturated rings. The Labute approximate surface area is 134 Å². The molecule has 7 nitrogen and oxygen atoms in total. The average Bonchev–Trinajstić information content (AvgIpc) is 3.34. The van der Waals surface area contributed by atoms with Gasteiger partial charge in [-0.05, 0) is 37.3 Å². The quantitative estimate of drug-likeness (QED) is 0.813. The largest absolute Gasteiger partial charge is 0.340 e. The monoisotopic (exact) mass is 316 g/mol. The van der Waals surface area contributed by atoms with Crippen molar-refractivity contribution < 1.29 is 14.4 Å². The van der Waals surface area contributed by atoms with Gasteiger partial charge in [0.1, 0.15) is 12.1 Å². The van der Waals surface area contributed by atoms with Gasteiger partial charge < -0.3 is 10.2 Å². The molecule has 1 N–H and O–H groups in total. The number of carbonyl (C=O) groups is 3. The number of hydrogen-bond donors (Lipinski definition) is 1. The molecule has 2 aliphatic rings. The molecule has 7 heteroatoms. The van der Waals surface area contributed by atoms with Gasteiger partial charge in [0.25, 0.3) is 5.91 Å². The van der Waals surface area contributed by atoms with E-state index in [2.05, 4.69) is 10.3 Å². The summed E-state index contributed by atoms with van der Waals surface area (Å²) in [5, 5.41) is 2.74. The molecule has 1 aromatic heterocycles. The predicted octanol–water partition coefficient (Wildman–Crippen LogP) is 0.760. The Hall–Kier alpha value is -2.44.